The number of carbonyl (C=O) groups is 1. The van der Waals surface area contributed by atoms with Gasteiger partial charge in [-0.1, -0.05) is 18.2 Å². The lowest BCUT2D eigenvalue weighted by Crippen LogP contribution is -2.42. The van der Waals surface area contributed by atoms with Crippen LogP contribution in [0.3, 0.4) is 0 Å². The van der Waals surface area contributed by atoms with Gasteiger partial charge in [-0.25, -0.2) is 9.37 Å². The summed E-state index contributed by atoms with van der Waals surface area (Å²) in [4.78, 5) is 23.0. The van der Waals surface area contributed by atoms with Crippen LogP contribution in [-0.2, 0) is 4.79 Å². The van der Waals surface area contributed by atoms with E-state index >= 15 is 0 Å². The second-order valence-corrected chi connectivity index (χ2v) is 7.38. The Hall–Kier alpha value is -3.52. The van der Waals surface area contributed by atoms with Gasteiger partial charge in [0.15, 0.2) is 0 Å². The summed E-state index contributed by atoms with van der Waals surface area (Å²) in [7, 11) is 0. The minimum absolute atomic E-state index is 0.00779. The molecule has 3 aromatic rings. The van der Waals surface area contributed by atoms with E-state index in [1.165, 1.54) is 12.1 Å². The van der Waals surface area contributed by atoms with E-state index in [0.717, 1.165) is 31.6 Å². The first-order valence-electron chi connectivity index (χ1n) is 10.2. The molecule has 2 aromatic carbocycles. The monoisotopic (exact) mass is 421 g/mol. The number of ether oxygens (including phenoxy) is 1. The average Bonchev–Trinajstić information content (AvgIpc) is 2.78. The summed E-state index contributed by atoms with van der Waals surface area (Å²) in [5.41, 5.74) is 0.809. The number of nitrogens with zero attached hydrogens (tertiary/aromatic N) is 3. The molecule has 2 N–H and O–H groups in total. The minimum Gasteiger partial charge on any atom is -0.439 e. The molecule has 7 nitrogen and oxygen atoms in total. The van der Waals surface area contributed by atoms with Crippen molar-refractivity contribution < 1.29 is 13.9 Å². The van der Waals surface area contributed by atoms with Gasteiger partial charge in [-0.15, -0.1) is 0 Å². The summed E-state index contributed by atoms with van der Waals surface area (Å²) < 4.78 is 18.7. The van der Waals surface area contributed by atoms with Crippen molar-refractivity contribution in [2.24, 2.45) is 0 Å². The molecule has 1 amide bonds. The van der Waals surface area contributed by atoms with Gasteiger partial charge in [0.05, 0.1) is 6.54 Å². The van der Waals surface area contributed by atoms with E-state index in [9.17, 15) is 9.18 Å². The Morgan fingerprint density at radius 2 is 1.81 bits per heavy atom. The number of aromatic nitrogens is 2. The fourth-order valence-corrected chi connectivity index (χ4v) is 3.43. The summed E-state index contributed by atoms with van der Waals surface area (Å²) in [6, 6.07) is 17.1. The zero-order valence-corrected chi connectivity index (χ0v) is 17.0. The average molecular weight is 421 g/mol. The van der Waals surface area contributed by atoms with Crippen LogP contribution < -0.4 is 15.4 Å². The Morgan fingerprint density at radius 1 is 1.06 bits per heavy atom. The molecule has 1 aliphatic heterocycles. The molecule has 1 aromatic heterocycles. The van der Waals surface area contributed by atoms with Crippen molar-refractivity contribution >= 4 is 17.5 Å². The molecule has 0 aliphatic carbocycles. The largest absolute Gasteiger partial charge is 0.439 e. The van der Waals surface area contributed by atoms with Gasteiger partial charge in [-0.3, -0.25) is 9.69 Å². The number of anilines is 2. The molecule has 0 bridgehead atoms. The number of likely N-dealkylation sites (tertiary alicyclic amines) is 1. The van der Waals surface area contributed by atoms with Crippen LogP contribution in [-0.4, -0.2) is 46.5 Å². The molecule has 1 saturated heterocycles. The SMILES string of the molecule is O=C(CN1CCC(Nc2nccc(Oc3ccc(F)cc3)n2)CC1)Nc1ccccc1. The highest BCUT2D eigenvalue weighted by Gasteiger charge is 2.21. The van der Waals surface area contributed by atoms with Crippen molar-refractivity contribution in [2.45, 2.75) is 18.9 Å². The Balaban J connectivity index is 1.24. The normalized spacial score (nSPS) is 14.7. The summed E-state index contributed by atoms with van der Waals surface area (Å²) in [5.74, 6) is 1.06. The van der Waals surface area contributed by atoms with Crippen LogP contribution in [0.5, 0.6) is 11.6 Å². The highest BCUT2D eigenvalue weighted by Crippen LogP contribution is 2.21. The zero-order chi connectivity index (χ0) is 21.5. The number of hydrogen-bond acceptors (Lipinski definition) is 6. The fraction of sp³-hybridized carbons (Fsp3) is 0.261. The molecule has 1 aliphatic rings. The lowest BCUT2D eigenvalue weighted by molar-refractivity contribution is -0.117. The zero-order valence-electron chi connectivity index (χ0n) is 17.0. The number of nitrogens with one attached hydrogen (secondary N) is 2. The third-order valence-electron chi connectivity index (χ3n) is 5.01. The highest BCUT2D eigenvalue weighted by atomic mass is 19.1. The Kier molecular flexibility index (Phi) is 6.68. The molecule has 1 fully saturated rings. The molecule has 8 heteroatoms. The van der Waals surface area contributed by atoms with Crippen LogP contribution in [0.2, 0.25) is 0 Å². The summed E-state index contributed by atoms with van der Waals surface area (Å²) in [6.07, 6.45) is 3.38. The minimum atomic E-state index is -0.318. The van der Waals surface area contributed by atoms with E-state index in [1.807, 2.05) is 30.3 Å². The van der Waals surface area contributed by atoms with Crippen molar-refractivity contribution in [1.82, 2.24) is 14.9 Å². The van der Waals surface area contributed by atoms with Crippen molar-refractivity contribution in [1.29, 1.82) is 0 Å². The maximum absolute atomic E-state index is 13.0. The van der Waals surface area contributed by atoms with E-state index in [0.29, 0.717) is 24.1 Å². The van der Waals surface area contributed by atoms with Gasteiger partial charge in [0, 0.05) is 37.1 Å². The van der Waals surface area contributed by atoms with Crippen molar-refractivity contribution in [3.8, 4) is 11.6 Å². The molecule has 2 heterocycles. The first-order chi connectivity index (χ1) is 15.1. The van der Waals surface area contributed by atoms with Gasteiger partial charge in [-0.2, -0.15) is 4.98 Å². The molecule has 0 saturated carbocycles. The number of halogens is 1. The second kappa shape index (κ2) is 9.99. The Labute approximate surface area is 180 Å². The molecule has 31 heavy (non-hydrogen) atoms. The quantitative estimate of drug-likeness (QED) is 0.602. The molecular formula is C23H24FN5O2. The van der Waals surface area contributed by atoms with Crippen LogP contribution in [0, 0.1) is 5.82 Å². The maximum Gasteiger partial charge on any atom is 0.238 e. The predicted octanol–water partition coefficient (Wildman–Crippen LogP) is 3.92. The van der Waals surface area contributed by atoms with E-state index in [2.05, 4.69) is 25.5 Å². The van der Waals surface area contributed by atoms with Crippen LogP contribution in [0.1, 0.15) is 12.8 Å². The lowest BCUT2D eigenvalue weighted by atomic mass is 10.1. The van der Waals surface area contributed by atoms with Gasteiger partial charge in [-0.05, 0) is 49.2 Å². The Morgan fingerprint density at radius 3 is 2.55 bits per heavy atom. The number of amides is 1. The van der Waals surface area contributed by atoms with E-state index in [-0.39, 0.29) is 17.8 Å². The number of benzene rings is 2. The van der Waals surface area contributed by atoms with Crippen molar-refractivity contribution in [2.75, 3.05) is 30.3 Å². The van der Waals surface area contributed by atoms with E-state index in [4.69, 9.17) is 4.74 Å². The van der Waals surface area contributed by atoms with Crippen LogP contribution in [0.15, 0.2) is 66.9 Å². The van der Waals surface area contributed by atoms with Gasteiger partial charge in [0.1, 0.15) is 11.6 Å². The number of hydrogen-bond donors (Lipinski definition) is 2. The highest BCUT2D eigenvalue weighted by molar-refractivity contribution is 5.92. The standard InChI is InChI=1S/C23H24FN5O2/c24-17-6-8-20(9-7-17)31-22-10-13-25-23(28-22)27-19-11-14-29(15-12-19)16-21(30)26-18-4-2-1-3-5-18/h1-10,13,19H,11-12,14-16H2,(H,26,30)(H,25,27,28). The van der Waals surface area contributed by atoms with E-state index < -0.39 is 0 Å². The molecule has 160 valence electrons. The fourth-order valence-electron chi connectivity index (χ4n) is 3.43. The van der Waals surface area contributed by atoms with E-state index in [1.54, 1.807) is 24.4 Å². The summed E-state index contributed by atoms with van der Waals surface area (Å²) >= 11 is 0. The van der Waals surface area contributed by atoms with Crippen molar-refractivity contribution in [3.63, 3.8) is 0 Å². The predicted molar refractivity (Wildman–Crippen MR) is 117 cm³/mol. The third-order valence-corrected chi connectivity index (χ3v) is 5.01. The molecule has 0 spiro atoms. The lowest BCUT2D eigenvalue weighted by Gasteiger charge is -2.31. The molecule has 0 atom stereocenters. The van der Waals surface area contributed by atoms with Gasteiger partial charge in [0.2, 0.25) is 17.7 Å². The molecule has 0 unspecified atom stereocenters. The first kappa shape index (κ1) is 20.7. The first-order valence-corrected chi connectivity index (χ1v) is 10.2. The smallest absolute Gasteiger partial charge is 0.238 e. The molecule has 4 rings (SSSR count). The number of carbonyl (C=O) groups excluding carboxylic acids is 1. The summed E-state index contributed by atoms with van der Waals surface area (Å²) in [6.45, 7) is 2.00. The van der Waals surface area contributed by atoms with Crippen LogP contribution in [0.4, 0.5) is 16.0 Å². The topological polar surface area (TPSA) is 79.4 Å². The van der Waals surface area contributed by atoms with Gasteiger partial charge >= 0.3 is 0 Å². The number of piperidine rings is 1. The summed E-state index contributed by atoms with van der Waals surface area (Å²) in [5, 5.41) is 6.26. The van der Waals surface area contributed by atoms with Crippen molar-refractivity contribution in [3.05, 3.63) is 72.7 Å². The number of para-hydroxylation sites is 1. The van der Waals surface area contributed by atoms with Gasteiger partial charge < -0.3 is 15.4 Å². The van der Waals surface area contributed by atoms with Crippen LogP contribution >= 0.6 is 0 Å². The van der Waals surface area contributed by atoms with Gasteiger partial charge in [0.25, 0.3) is 0 Å². The number of rotatable bonds is 7. The Bertz CT molecular complexity index is 992. The molecular weight excluding hydrogens is 397 g/mol. The second-order valence-electron chi connectivity index (χ2n) is 7.38. The van der Waals surface area contributed by atoms with Crippen LogP contribution in [0.25, 0.3) is 0 Å². The third kappa shape index (κ3) is 6.23. The maximum atomic E-state index is 13.0. The molecule has 0 radical (unpaired) electrons.